The first-order chi connectivity index (χ1) is 8.60. The van der Waals surface area contributed by atoms with Crippen LogP contribution in [0, 0.1) is 5.41 Å². The zero-order chi connectivity index (χ0) is 13.0. The Morgan fingerprint density at radius 2 is 2.17 bits per heavy atom. The second-order valence-corrected chi connectivity index (χ2v) is 5.65. The molecule has 1 aliphatic rings. The summed E-state index contributed by atoms with van der Waals surface area (Å²) in [5.41, 5.74) is 1.24. The van der Waals surface area contributed by atoms with Crippen molar-refractivity contribution in [2.24, 2.45) is 12.5 Å². The van der Waals surface area contributed by atoms with Gasteiger partial charge in [0.1, 0.15) is 0 Å². The van der Waals surface area contributed by atoms with E-state index >= 15 is 0 Å². The Bertz CT molecular complexity index is 406. The molecular weight excluding hydrogens is 228 g/mol. The number of aryl methyl sites for hydroxylation is 2. The van der Waals surface area contributed by atoms with Crippen molar-refractivity contribution in [3.05, 3.63) is 18.0 Å². The predicted octanol–water partition coefficient (Wildman–Crippen LogP) is 2.78. The van der Waals surface area contributed by atoms with Gasteiger partial charge >= 0.3 is 5.97 Å². The van der Waals surface area contributed by atoms with Crippen molar-refractivity contribution in [1.29, 1.82) is 0 Å². The summed E-state index contributed by atoms with van der Waals surface area (Å²) in [5.74, 6) is -0.650. The molecule has 1 aromatic heterocycles. The van der Waals surface area contributed by atoms with Crippen molar-refractivity contribution in [1.82, 2.24) is 9.78 Å². The second kappa shape index (κ2) is 5.55. The van der Waals surface area contributed by atoms with Crippen LogP contribution in [0.3, 0.4) is 0 Å². The molecule has 1 heterocycles. The molecule has 100 valence electrons. The number of carboxylic acids is 1. The lowest BCUT2D eigenvalue weighted by Gasteiger charge is -2.36. The first-order valence-corrected chi connectivity index (χ1v) is 6.79. The fourth-order valence-electron chi connectivity index (χ4n) is 3.15. The normalized spacial score (nSPS) is 18.7. The van der Waals surface area contributed by atoms with Crippen LogP contribution in [-0.4, -0.2) is 20.9 Å². The van der Waals surface area contributed by atoms with Gasteiger partial charge in [0.05, 0.1) is 12.6 Å². The van der Waals surface area contributed by atoms with Crippen LogP contribution in [0.15, 0.2) is 12.4 Å². The highest BCUT2D eigenvalue weighted by Crippen LogP contribution is 2.43. The zero-order valence-electron chi connectivity index (χ0n) is 11.1. The third-order valence-corrected chi connectivity index (χ3v) is 4.14. The molecule has 0 saturated heterocycles. The maximum absolute atomic E-state index is 11.1. The number of nitrogens with zero attached hydrogens (tertiary/aromatic N) is 2. The van der Waals surface area contributed by atoms with E-state index < -0.39 is 5.97 Å². The molecule has 0 amide bonds. The maximum atomic E-state index is 11.1. The van der Waals surface area contributed by atoms with Gasteiger partial charge in [0.25, 0.3) is 0 Å². The minimum absolute atomic E-state index is 0.0277. The summed E-state index contributed by atoms with van der Waals surface area (Å²) in [5, 5.41) is 13.3. The maximum Gasteiger partial charge on any atom is 0.303 e. The summed E-state index contributed by atoms with van der Waals surface area (Å²) in [4.78, 5) is 11.1. The summed E-state index contributed by atoms with van der Waals surface area (Å²) >= 11 is 0. The molecule has 0 radical (unpaired) electrons. The lowest BCUT2D eigenvalue weighted by atomic mass is 9.69. The highest BCUT2D eigenvalue weighted by molar-refractivity contribution is 5.67. The van der Waals surface area contributed by atoms with Crippen molar-refractivity contribution in [2.45, 2.75) is 51.4 Å². The summed E-state index contributed by atoms with van der Waals surface area (Å²) in [6.07, 6.45) is 11.9. The molecule has 0 aromatic carbocycles. The highest BCUT2D eigenvalue weighted by Gasteiger charge is 2.33. The quantitative estimate of drug-likeness (QED) is 0.874. The molecule has 1 aromatic rings. The van der Waals surface area contributed by atoms with Gasteiger partial charge in [-0.2, -0.15) is 5.10 Å². The van der Waals surface area contributed by atoms with Crippen LogP contribution in [0.5, 0.6) is 0 Å². The third-order valence-electron chi connectivity index (χ3n) is 4.14. The van der Waals surface area contributed by atoms with Crippen LogP contribution >= 0.6 is 0 Å². The van der Waals surface area contributed by atoms with E-state index in [0.29, 0.717) is 6.42 Å². The van der Waals surface area contributed by atoms with Gasteiger partial charge in [0.15, 0.2) is 0 Å². The van der Waals surface area contributed by atoms with E-state index in [9.17, 15) is 4.79 Å². The van der Waals surface area contributed by atoms with Crippen molar-refractivity contribution >= 4 is 5.97 Å². The average molecular weight is 250 g/mol. The molecule has 1 fully saturated rings. The van der Waals surface area contributed by atoms with E-state index in [2.05, 4.69) is 5.10 Å². The van der Waals surface area contributed by atoms with E-state index in [-0.39, 0.29) is 5.41 Å². The van der Waals surface area contributed by atoms with Crippen molar-refractivity contribution < 1.29 is 9.90 Å². The number of carboxylic acid groups (broad SMARTS) is 1. The SMILES string of the molecule is Cn1cc(CCC2(CC(=O)O)CCCCC2)cn1. The summed E-state index contributed by atoms with van der Waals surface area (Å²) in [6.45, 7) is 0. The minimum Gasteiger partial charge on any atom is -0.481 e. The van der Waals surface area contributed by atoms with Gasteiger partial charge in [-0.25, -0.2) is 0 Å². The molecule has 0 bridgehead atoms. The summed E-state index contributed by atoms with van der Waals surface area (Å²) in [6, 6.07) is 0. The molecule has 1 saturated carbocycles. The van der Waals surface area contributed by atoms with E-state index in [4.69, 9.17) is 5.11 Å². The van der Waals surface area contributed by atoms with Crippen LogP contribution in [-0.2, 0) is 18.3 Å². The predicted molar refractivity (Wildman–Crippen MR) is 69.3 cm³/mol. The first kappa shape index (κ1) is 13.1. The molecule has 0 aliphatic heterocycles. The van der Waals surface area contributed by atoms with Gasteiger partial charge in [-0.1, -0.05) is 19.3 Å². The van der Waals surface area contributed by atoms with Gasteiger partial charge in [0.2, 0.25) is 0 Å². The molecule has 4 heteroatoms. The molecule has 2 rings (SSSR count). The van der Waals surface area contributed by atoms with Gasteiger partial charge in [-0.15, -0.1) is 0 Å². The molecule has 4 nitrogen and oxygen atoms in total. The number of hydrogen-bond acceptors (Lipinski definition) is 2. The fourth-order valence-corrected chi connectivity index (χ4v) is 3.15. The van der Waals surface area contributed by atoms with E-state index in [1.165, 1.54) is 24.8 Å². The van der Waals surface area contributed by atoms with E-state index in [1.54, 1.807) is 4.68 Å². The third kappa shape index (κ3) is 3.34. The second-order valence-electron chi connectivity index (χ2n) is 5.65. The van der Waals surface area contributed by atoms with Gasteiger partial charge < -0.3 is 5.11 Å². The topological polar surface area (TPSA) is 55.1 Å². The number of aliphatic carboxylic acids is 1. The lowest BCUT2D eigenvalue weighted by molar-refractivity contribution is -0.140. The van der Waals surface area contributed by atoms with Crippen molar-refractivity contribution in [3.8, 4) is 0 Å². The first-order valence-electron chi connectivity index (χ1n) is 6.79. The van der Waals surface area contributed by atoms with Crippen LogP contribution < -0.4 is 0 Å². The summed E-state index contributed by atoms with van der Waals surface area (Å²) < 4.78 is 1.81. The van der Waals surface area contributed by atoms with Crippen molar-refractivity contribution in [3.63, 3.8) is 0 Å². The molecule has 0 unspecified atom stereocenters. The largest absolute Gasteiger partial charge is 0.481 e. The van der Waals surface area contributed by atoms with Crippen molar-refractivity contribution in [2.75, 3.05) is 0 Å². The number of carbonyl (C=O) groups is 1. The molecular formula is C14H22N2O2. The highest BCUT2D eigenvalue weighted by atomic mass is 16.4. The number of hydrogen-bond donors (Lipinski definition) is 1. The Morgan fingerprint density at radius 3 is 2.72 bits per heavy atom. The van der Waals surface area contributed by atoms with Crippen LogP contribution in [0.1, 0.15) is 50.5 Å². The Morgan fingerprint density at radius 1 is 1.44 bits per heavy atom. The fraction of sp³-hybridized carbons (Fsp3) is 0.714. The van der Waals surface area contributed by atoms with E-state index in [1.807, 2.05) is 19.4 Å². The Balaban J connectivity index is 1.98. The molecule has 0 atom stereocenters. The minimum atomic E-state index is -0.650. The van der Waals surface area contributed by atoms with Crippen LogP contribution in [0.4, 0.5) is 0 Å². The molecule has 1 aliphatic carbocycles. The Labute approximate surface area is 108 Å². The Kier molecular flexibility index (Phi) is 4.04. The number of rotatable bonds is 5. The summed E-state index contributed by atoms with van der Waals surface area (Å²) in [7, 11) is 1.91. The molecule has 0 spiro atoms. The molecule has 18 heavy (non-hydrogen) atoms. The van der Waals surface area contributed by atoms with Crippen LogP contribution in [0.25, 0.3) is 0 Å². The molecule has 1 N–H and O–H groups in total. The van der Waals surface area contributed by atoms with Gasteiger partial charge in [-0.05, 0) is 36.7 Å². The number of aromatic nitrogens is 2. The van der Waals surface area contributed by atoms with E-state index in [0.717, 1.165) is 25.7 Å². The zero-order valence-corrected chi connectivity index (χ0v) is 11.1. The van der Waals surface area contributed by atoms with Gasteiger partial charge in [-0.3, -0.25) is 9.48 Å². The average Bonchev–Trinajstić information content (AvgIpc) is 2.73. The van der Waals surface area contributed by atoms with Gasteiger partial charge in [0, 0.05) is 13.2 Å². The lowest BCUT2D eigenvalue weighted by Crippen LogP contribution is -2.28. The standard InChI is InChI=1S/C14H22N2O2/c1-16-11-12(10-15-16)5-8-14(9-13(17)18)6-3-2-4-7-14/h10-11H,2-9H2,1H3,(H,17,18). The smallest absolute Gasteiger partial charge is 0.303 e. The Hall–Kier alpha value is -1.32. The van der Waals surface area contributed by atoms with Crippen LogP contribution in [0.2, 0.25) is 0 Å². The monoisotopic (exact) mass is 250 g/mol.